The van der Waals surface area contributed by atoms with Gasteiger partial charge in [0.1, 0.15) is 0 Å². The summed E-state index contributed by atoms with van der Waals surface area (Å²) < 4.78 is 27.6. The second-order valence-corrected chi connectivity index (χ2v) is 10.3. The molecule has 0 saturated carbocycles. The third kappa shape index (κ3) is 5.54. The molecule has 1 aliphatic heterocycles. The van der Waals surface area contributed by atoms with E-state index in [0.29, 0.717) is 41.7 Å². The van der Waals surface area contributed by atoms with Crippen LogP contribution in [0.15, 0.2) is 41.3 Å². The van der Waals surface area contributed by atoms with Crippen LogP contribution in [0.2, 0.25) is 4.34 Å². The number of sulfonamides is 1. The standard InChI is InChI=1S/C19H23ClN2O3S2/c20-18-10-7-16(26-18)14-21-19(23)11-6-15-4-8-17(9-5-15)27(24,25)22-12-2-1-3-13-22/h4-5,7-10H,1-3,6,11-14H2,(H,21,23). The van der Waals surface area contributed by atoms with Crippen molar-refractivity contribution < 1.29 is 13.2 Å². The van der Waals surface area contributed by atoms with Crippen molar-refractivity contribution in [2.75, 3.05) is 13.1 Å². The van der Waals surface area contributed by atoms with Crippen LogP contribution >= 0.6 is 22.9 Å². The van der Waals surface area contributed by atoms with Crippen LogP contribution in [0.1, 0.15) is 36.1 Å². The van der Waals surface area contributed by atoms with Crippen LogP contribution in [0.4, 0.5) is 0 Å². The molecule has 3 rings (SSSR count). The molecule has 1 fully saturated rings. The molecule has 8 heteroatoms. The van der Waals surface area contributed by atoms with Crippen molar-refractivity contribution in [2.45, 2.75) is 43.5 Å². The van der Waals surface area contributed by atoms with Gasteiger partial charge in [0.15, 0.2) is 0 Å². The third-order valence-electron chi connectivity index (χ3n) is 4.61. The molecule has 0 spiro atoms. The molecular weight excluding hydrogens is 404 g/mol. The minimum absolute atomic E-state index is 0.0375. The van der Waals surface area contributed by atoms with Gasteiger partial charge in [-0.1, -0.05) is 30.2 Å². The molecule has 1 aromatic heterocycles. The van der Waals surface area contributed by atoms with Gasteiger partial charge < -0.3 is 5.32 Å². The third-order valence-corrected chi connectivity index (χ3v) is 7.75. The molecule has 1 saturated heterocycles. The molecular formula is C19H23ClN2O3S2. The Morgan fingerprint density at radius 3 is 2.41 bits per heavy atom. The number of halogens is 1. The number of piperidine rings is 1. The van der Waals surface area contributed by atoms with Gasteiger partial charge in [-0.05, 0) is 49.1 Å². The Morgan fingerprint density at radius 1 is 1.07 bits per heavy atom. The summed E-state index contributed by atoms with van der Waals surface area (Å²) in [6, 6.07) is 10.6. The monoisotopic (exact) mass is 426 g/mol. The molecule has 0 unspecified atom stereocenters. The summed E-state index contributed by atoms with van der Waals surface area (Å²) >= 11 is 7.32. The molecule has 2 heterocycles. The van der Waals surface area contributed by atoms with Crippen LogP contribution in [0, 0.1) is 0 Å². The van der Waals surface area contributed by atoms with Gasteiger partial charge in [-0.2, -0.15) is 4.31 Å². The normalized spacial score (nSPS) is 15.6. The van der Waals surface area contributed by atoms with Gasteiger partial charge in [0.05, 0.1) is 15.8 Å². The maximum atomic E-state index is 12.6. The van der Waals surface area contributed by atoms with Crippen molar-refractivity contribution >= 4 is 38.9 Å². The zero-order valence-corrected chi connectivity index (χ0v) is 17.4. The predicted octanol–water partition coefficient (Wildman–Crippen LogP) is 3.83. The number of rotatable bonds is 7. The molecule has 1 aliphatic rings. The highest BCUT2D eigenvalue weighted by atomic mass is 35.5. The number of aryl methyl sites for hydroxylation is 1. The topological polar surface area (TPSA) is 66.5 Å². The average molecular weight is 427 g/mol. The molecule has 1 N–H and O–H groups in total. The first kappa shape index (κ1) is 20.3. The number of nitrogens with one attached hydrogen (secondary N) is 1. The molecule has 5 nitrogen and oxygen atoms in total. The van der Waals surface area contributed by atoms with Gasteiger partial charge in [-0.3, -0.25) is 4.79 Å². The summed E-state index contributed by atoms with van der Waals surface area (Å²) in [5.41, 5.74) is 0.946. The van der Waals surface area contributed by atoms with Gasteiger partial charge in [0, 0.05) is 24.4 Å². The summed E-state index contributed by atoms with van der Waals surface area (Å²) in [6.45, 7) is 1.67. The molecule has 0 atom stereocenters. The van der Waals surface area contributed by atoms with E-state index in [9.17, 15) is 13.2 Å². The predicted molar refractivity (Wildman–Crippen MR) is 109 cm³/mol. The molecule has 0 aliphatic carbocycles. The van der Waals surface area contributed by atoms with Gasteiger partial charge in [0.25, 0.3) is 0 Å². The molecule has 0 radical (unpaired) electrons. The zero-order valence-electron chi connectivity index (χ0n) is 15.0. The van der Waals surface area contributed by atoms with Crippen molar-refractivity contribution in [3.63, 3.8) is 0 Å². The molecule has 146 valence electrons. The number of hydrogen-bond donors (Lipinski definition) is 1. The number of nitrogens with zero attached hydrogens (tertiary/aromatic N) is 1. The fourth-order valence-electron chi connectivity index (χ4n) is 3.06. The summed E-state index contributed by atoms with van der Waals surface area (Å²) in [6.07, 6.45) is 3.86. The van der Waals surface area contributed by atoms with Crippen LogP contribution in [-0.2, 0) is 27.8 Å². The van der Waals surface area contributed by atoms with Crippen LogP contribution in [0.5, 0.6) is 0 Å². The van der Waals surface area contributed by atoms with Crippen LogP contribution in [0.25, 0.3) is 0 Å². The number of carbonyl (C=O) groups excluding carboxylic acids is 1. The first-order valence-corrected chi connectivity index (χ1v) is 11.7. The Kier molecular flexibility index (Phi) is 6.92. The van der Waals surface area contributed by atoms with E-state index in [1.807, 2.05) is 12.1 Å². The van der Waals surface area contributed by atoms with Gasteiger partial charge in [0.2, 0.25) is 15.9 Å². The largest absolute Gasteiger partial charge is 0.351 e. The first-order chi connectivity index (χ1) is 12.9. The van der Waals surface area contributed by atoms with Crippen LogP contribution < -0.4 is 5.32 Å². The minimum Gasteiger partial charge on any atom is -0.351 e. The van der Waals surface area contributed by atoms with Crippen molar-refractivity contribution in [1.29, 1.82) is 0 Å². The van der Waals surface area contributed by atoms with Gasteiger partial charge in [-0.15, -0.1) is 11.3 Å². The highest BCUT2D eigenvalue weighted by Crippen LogP contribution is 2.22. The van der Waals surface area contributed by atoms with E-state index >= 15 is 0 Å². The molecule has 2 aromatic rings. The van der Waals surface area contributed by atoms with Crippen LogP contribution in [0.3, 0.4) is 0 Å². The highest BCUT2D eigenvalue weighted by Gasteiger charge is 2.25. The van der Waals surface area contributed by atoms with E-state index in [4.69, 9.17) is 11.6 Å². The lowest BCUT2D eigenvalue weighted by molar-refractivity contribution is -0.121. The van der Waals surface area contributed by atoms with E-state index < -0.39 is 10.0 Å². The van der Waals surface area contributed by atoms with E-state index in [0.717, 1.165) is 29.7 Å². The van der Waals surface area contributed by atoms with Gasteiger partial charge in [-0.25, -0.2) is 8.42 Å². The Labute approximate surface area is 169 Å². The Balaban J connectivity index is 1.50. The number of hydrogen-bond acceptors (Lipinski definition) is 4. The maximum Gasteiger partial charge on any atom is 0.243 e. The average Bonchev–Trinajstić information content (AvgIpc) is 3.11. The lowest BCUT2D eigenvalue weighted by Crippen LogP contribution is -2.35. The van der Waals surface area contributed by atoms with Gasteiger partial charge >= 0.3 is 0 Å². The fraction of sp³-hybridized carbons (Fsp3) is 0.421. The smallest absolute Gasteiger partial charge is 0.243 e. The minimum atomic E-state index is -3.40. The Hall–Kier alpha value is -1.41. The number of thiophene rings is 1. The quantitative estimate of drug-likeness (QED) is 0.731. The highest BCUT2D eigenvalue weighted by molar-refractivity contribution is 7.89. The SMILES string of the molecule is O=C(CCc1ccc(S(=O)(=O)N2CCCCC2)cc1)NCc1ccc(Cl)s1. The molecule has 27 heavy (non-hydrogen) atoms. The summed E-state index contributed by atoms with van der Waals surface area (Å²) in [5.74, 6) is -0.0375. The Morgan fingerprint density at radius 2 is 1.78 bits per heavy atom. The maximum absolute atomic E-state index is 12.6. The lowest BCUT2D eigenvalue weighted by Gasteiger charge is -2.25. The number of benzene rings is 1. The number of carbonyl (C=O) groups is 1. The Bertz CT molecular complexity index is 873. The van der Waals surface area contributed by atoms with Crippen molar-refractivity contribution in [2.24, 2.45) is 0 Å². The first-order valence-electron chi connectivity index (χ1n) is 9.05. The molecule has 0 bridgehead atoms. The zero-order chi connectivity index (χ0) is 19.3. The summed E-state index contributed by atoms with van der Waals surface area (Å²) in [4.78, 5) is 13.3. The van der Waals surface area contributed by atoms with E-state index in [2.05, 4.69) is 5.32 Å². The van der Waals surface area contributed by atoms with Crippen molar-refractivity contribution in [3.05, 3.63) is 51.2 Å². The van der Waals surface area contributed by atoms with E-state index in [1.54, 1.807) is 28.6 Å². The second kappa shape index (κ2) is 9.19. The summed E-state index contributed by atoms with van der Waals surface area (Å²) in [5, 5.41) is 2.87. The summed E-state index contributed by atoms with van der Waals surface area (Å²) in [7, 11) is -3.40. The van der Waals surface area contributed by atoms with E-state index in [1.165, 1.54) is 11.3 Å². The van der Waals surface area contributed by atoms with Crippen molar-refractivity contribution in [1.82, 2.24) is 9.62 Å². The van der Waals surface area contributed by atoms with Crippen LogP contribution in [-0.4, -0.2) is 31.7 Å². The second-order valence-electron chi connectivity index (χ2n) is 6.59. The van der Waals surface area contributed by atoms with E-state index in [-0.39, 0.29) is 5.91 Å². The number of amides is 1. The molecule has 1 amide bonds. The molecule has 1 aromatic carbocycles. The van der Waals surface area contributed by atoms with Crippen molar-refractivity contribution in [3.8, 4) is 0 Å². The fourth-order valence-corrected chi connectivity index (χ4v) is 5.61. The lowest BCUT2D eigenvalue weighted by atomic mass is 10.1.